The molecule has 0 saturated heterocycles. The molecule has 0 radical (unpaired) electrons. The van der Waals surface area contributed by atoms with Gasteiger partial charge in [-0.1, -0.05) is 54.6 Å². The third-order valence-electron chi connectivity index (χ3n) is 5.00. The van der Waals surface area contributed by atoms with E-state index in [0.717, 1.165) is 22.2 Å². The molecule has 0 fully saturated rings. The second-order valence-electron chi connectivity index (χ2n) is 6.62. The second kappa shape index (κ2) is 5.95. The largest absolute Gasteiger partial charge is 0.507 e. The summed E-state index contributed by atoms with van der Waals surface area (Å²) in [6.45, 7) is 0.650. The van der Waals surface area contributed by atoms with E-state index in [1.807, 2.05) is 60.7 Å². The van der Waals surface area contributed by atoms with Crippen LogP contribution < -0.4 is 5.56 Å². The highest BCUT2D eigenvalue weighted by atomic mass is 16.3. The lowest BCUT2D eigenvalue weighted by atomic mass is 9.93. The van der Waals surface area contributed by atoms with Gasteiger partial charge in [0.05, 0.1) is 17.4 Å². The van der Waals surface area contributed by atoms with Crippen molar-refractivity contribution >= 4 is 22.6 Å². The van der Waals surface area contributed by atoms with Crippen LogP contribution in [-0.2, 0) is 6.54 Å². The first-order valence-electron chi connectivity index (χ1n) is 8.80. The molecule has 1 N–H and O–H groups in total. The van der Waals surface area contributed by atoms with E-state index in [-0.39, 0.29) is 11.3 Å². The summed E-state index contributed by atoms with van der Waals surface area (Å²) >= 11 is 0. The van der Waals surface area contributed by atoms with E-state index < -0.39 is 0 Å². The molecule has 0 spiro atoms. The van der Waals surface area contributed by atoms with E-state index in [2.05, 4.69) is 15.6 Å². The van der Waals surface area contributed by atoms with Crippen molar-refractivity contribution in [1.29, 1.82) is 0 Å². The minimum atomic E-state index is -0.237. The van der Waals surface area contributed by atoms with Crippen molar-refractivity contribution in [1.82, 2.24) is 9.55 Å². The predicted molar refractivity (Wildman–Crippen MR) is 107 cm³/mol. The number of phenolic OH excluding ortho intramolecular Hbond substituents is 1. The maximum Gasteiger partial charge on any atom is 0.281 e. The molecule has 1 aliphatic heterocycles. The standard InChI is InChI=1S/C23H16N2O2/c26-21-12-6-2-7-15(21)13-19-17-9-3-1-8-16(17)14-25-20-11-5-4-10-18(20)23(27)24-22(19)25/h1-13,26H,14H2/b19-13+. The second-order valence-corrected chi connectivity index (χ2v) is 6.62. The Balaban J connectivity index is 1.87. The van der Waals surface area contributed by atoms with Gasteiger partial charge in [0.2, 0.25) is 0 Å². The zero-order valence-corrected chi connectivity index (χ0v) is 14.5. The molecule has 0 aliphatic carbocycles. The first-order chi connectivity index (χ1) is 13.2. The lowest BCUT2D eigenvalue weighted by Crippen LogP contribution is -2.23. The molecule has 27 heavy (non-hydrogen) atoms. The molecule has 4 aromatic rings. The summed E-state index contributed by atoms with van der Waals surface area (Å²) in [4.78, 5) is 17.0. The van der Waals surface area contributed by atoms with Crippen molar-refractivity contribution in [2.45, 2.75) is 6.54 Å². The molecule has 3 aromatic carbocycles. The Bertz CT molecular complexity index is 1290. The van der Waals surface area contributed by atoms with E-state index in [9.17, 15) is 9.90 Å². The molecule has 0 unspecified atom stereocenters. The highest BCUT2D eigenvalue weighted by Crippen LogP contribution is 2.35. The van der Waals surface area contributed by atoms with Gasteiger partial charge in [0, 0.05) is 11.1 Å². The fourth-order valence-corrected chi connectivity index (χ4v) is 3.71. The van der Waals surface area contributed by atoms with Crippen molar-refractivity contribution < 1.29 is 5.11 Å². The molecule has 5 rings (SSSR count). The van der Waals surface area contributed by atoms with Gasteiger partial charge in [-0.25, -0.2) is 0 Å². The van der Waals surface area contributed by atoms with Crippen molar-refractivity contribution in [2.24, 2.45) is 0 Å². The molecule has 0 atom stereocenters. The van der Waals surface area contributed by atoms with Gasteiger partial charge in [-0.3, -0.25) is 4.79 Å². The number of hydrogen-bond donors (Lipinski definition) is 1. The summed E-state index contributed by atoms with van der Waals surface area (Å²) in [5.74, 6) is 0.823. The summed E-state index contributed by atoms with van der Waals surface area (Å²) in [5.41, 5.74) is 4.34. The third kappa shape index (κ3) is 2.46. The van der Waals surface area contributed by atoms with Gasteiger partial charge in [-0.05, 0) is 35.4 Å². The topological polar surface area (TPSA) is 55.1 Å². The Morgan fingerprint density at radius 2 is 1.67 bits per heavy atom. The lowest BCUT2D eigenvalue weighted by molar-refractivity contribution is 0.474. The minimum Gasteiger partial charge on any atom is -0.507 e. The van der Waals surface area contributed by atoms with Crippen LogP contribution in [-0.4, -0.2) is 14.7 Å². The summed E-state index contributed by atoms with van der Waals surface area (Å²) in [6.07, 6.45) is 1.90. The molecule has 0 saturated carbocycles. The predicted octanol–water partition coefficient (Wildman–Crippen LogP) is 4.05. The van der Waals surface area contributed by atoms with E-state index in [1.54, 1.807) is 12.1 Å². The van der Waals surface area contributed by atoms with Gasteiger partial charge in [0.1, 0.15) is 11.6 Å². The smallest absolute Gasteiger partial charge is 0.281 e. The van der Waals surface area contributed by atoms with E-state index in [1.165, 1.54) is 0 Å². The highest BCUT2D eigenvalue weighted by Gasteiger charge is 2.23. The molecule has 1 aliphatic rings. The van der Waals surface area contributed by atoms with E-state index in [0.29, 0.717) is 23.3 Å². The first-order valence-corrected chi connectivity index (χ1v) is 8.80. The number of nitrogens with zero attached hydrogens (tertiary/aromatic N) is 2. The Hall–Kier alpha value is -3.66. The number of para-hydroxylation sites is 2. The quantitative estimate of drug-likeness (QED) is 0.495. The SMILES string of the molecule is O=c1nc2n(c3ccccc13)Cc1ccccc1/C2=C\c1ccccc1O. The van der Waals surface area contributed by atoms with Crippen LogP contribution in [0.5, 0.6) is 5.75 Å². The van der Waals surface area contributed by atoms with Crippen LogP contribution in [0.15, 0.2) is 77.6 Å². The molecule has 2 heterocycles. The third-order valence-corrected chi connectivity index (χ3v) is 5.00. The van der Waals surface area contributed by atoms with Crippen molar-refractivity contribution in [3.05, 3.63) is 106 Å². The Labute approximate surface area is 155 Å². The number of aromatic hydroxyl groups is 1. The maximum absolute atomic E-state index is 12.6. The summed E-state index contributed by atoms with van der Waals surface area (Å²) in [5, 5.41) is 10.8. The molecular formula is C23H16N2O2. The van der Waals surface area contributed by atoms with Gasteiger partial charge < -0.3 is 9.67 Å². The van der Waals surface area contributed by atoms with Gasteiger partial charge in [-0.15, -0.1) is 0 Å². The molecule has 130 valence electrons. The number of fused-ring (bicyclic) bond motifs is 4. The van der Waals surface area contributed by atoms with Crippen molar-refractivity contribution in [3.8, 4) is 5.75 Å². The highest BCUT2D eigenvalue weighted by molar-refractivity contribution is 5.94. The molecular weight excluding hydrogens is 336 g/mol. The minimum absolute atomic E-state index is 0.197. The van der Waals surface area contributed by atoms with Gasteiger partial charge in [-0.2, -0.15) is 4.98 Å². The van der Waals surface area contributed by atoms with Gasteiger partial charge >= 0.3 is 0 Å². The monoisotopic (exact) mass is 352 g/mol. The zero-order chi connectivity index (χ0) is 18.4. The van der Waals surface area contributed by atoms with E-state index >= 15 is 0 Å². The first kappa shape index (κ1) is 15.6. The number of aromatic nitrogens is 2. The van der Waals surface area contributed by atoms with Crippen molar-refractivity contribution in [2.75, 3.05) is 0 Å². The molecule has 4 heteroatoms. The molecule has 4 nitrogen and oxygen atoms in total. The van der Waals surface area contributed by atoms with Crippen LogP contribution in [0.25, 0.3) is 22.6 Å². The molecule has 1 aromatic heterocycles. The van der Waals surface area contributed by atoms with E-state index in [4.69, 9.17) is 0 Å². The van der Waals surface area contributed by atoms with Crippen LogP contribution >= 0.6 is 0 Å². The van der Waals surface area contributed by atoms with Crippen LogP contribution in [0.3, 0.4) is 0 Å². The summed E-state index contributed by atoms with van der Waals surface area (Å²) in [6, 6.07) is 22.8. The number of hydrogen-bond acceptors (Lipinski definition) is 3. The maximum atomic E-state index is 12.6. The lowest BCUT2D eigenvalue weighted by Gasteiger charge is -2.25. The number of rotatable bonds is 1. The fourth-order valence-electron chi connectivity index (χ4n) is 3.71. The number of phenols is 1. The van der Waals surface area contributed by atoms with Crippen LogP contribution in [0.4, 0.5) is 0 Å². The average molecular weight is 352 g/mol. The fraction of sp³-hybridized carbons (Fsp3) is 0.0435. The molecule has 0 amide bonds. The average Bonchev–Trinajstić information content (AvgIpc) is 2.70. The van der Waals surface area contributed by atoms with Crippen LogP contribution in [0, 0.1) is 0 Å². The van der Waals surface area contributed by atoms with Crippen LogP contribution in [0.2, 0.25) is 0 Å². The molecule has 0 bridgehead atoms. The van der Waals surface area contributed by atoms with Crippen molar-refractivity contribution in [3.63, 3.8) is 0 Å². The van der Waals surface area contributed by atoms with Crippen LogP contribution in [0.1, 0.15) is 22.5 Å². The Morgan fingerprint density at radius 3 is 2.56 bits per heavy atom. The Morgan fingerprint density at radius 1 is 0.926 bits per heavy atom. The summed E-state index contributed by atoms with van der Waals surface area (Å²) in [7, 11) is 0. The van der Waals surface area contributed by atoms with Gasteiger partial charge in [0.25, 0.3) is 5.56 Å². The summed E-state index contributed by atoms with van der Waals surface area (Å²) < 4.78 is 2.07. The Kier molecular flexibility index (Phi) is 3.44. The zero-order valence-electron chi connectivity index (χ0n) is 14.5. The normalized spacial score (nSPS) is 14.1. The number of benzene rings is 3. The van der Waals surface area contributed by atoms with Gasteiger partial charge in [0.15, 0.2) is 0 Å².